The van der Waals surface area contributed by atoms with Crippen molar-refractivity contribution in [3.05, 3.63) is 21.4 Å². The fourth-order valence-electron chi connectivity index (χ4n) is 1.95. The van der Waals surface area contributed by atoms with Crippen molar-refractivity contribution in [1.29, 1.82) is 5.26 Å². The number of hydrogen-bond donors (Lipinski definition) is 1. The van der Waals surface area contributed by atoms with Crippen molar-refractivity contribution in [2.45, 2.75) is 19.6 Å². The second kappa shape index (κ2) is 5.48. The number of nitriles is 1. The van der Waals surface area contributed by atoms with Crippen molar-refractivity contribution < 1.29 is 14.6 Å². The van der Waals surface area contributed by atoms with Gasteiger partial charge in [0.15, 0.2) is 6.10 Å². The molecule has 2 heterocycles. The van der Waals surface area contributed by atoms with Gasteiger partial charge in [-0.2, -0.15) is 5.26 Å². The molecule has 1 aromatic heterocycles. The summed E-state index contributed by atoms with van der Waals surface area (Å²) >= 11 is 1.30. The summed E-state index contributed by atoms with van der Waals surface area (Å²) in [5, 5.41) is 17.8. The SMILES string of the molecule is Cc1sc(C(=O)O)cc1CN1CCOC(C#N)C1. The van der Waals surface area contributed by atoms with E-state index in [2.05, 4.69) is 11.0 Å². The van der Waals surface area contributed by atoms with Gasteiger partial charge in [-0.25, -0.2) is 4.79 Å². The van der Waals surface area contributed by atoms with Crippen molar-refractivity contribution >= 4 is 17.3 Å². The minimum atomic E-state index is -0.883. The first kappa shape index (κ1) is 13.0. The van der Waals surface area contributed by atoms with Crippen LogP contribution in [0.25, 0.3) is 0 Å². The molecule has 1 saturated heterocycles. The van der Waals surface area contributed by atoms with E-state index in [0.29, 0.717) is 24.6 Å². The van der Waals surface area contributed by atoms with Crippen LogP contribution in [0.2, 0.25) is 0 Å². The van der Waals surface area contributed by atoms with Crippen LogP contribution >= 0.6 is 11.3 Å². The molecule has 5 nitrogen and oxygen atoms in total. The van der Waals surface area contributed by atoms with Gasteiger partial charge in [0.05, 0.1) is 12.7 Å². The number of carboxylic acids is 1. The average Bonchev–Trinajstić information content (AvgIpc) is 2.71. The van der Waals surface area contributed by atoms with Crippen LogP contribution in [0.1, 0.15) is 20.1 Å². The van der Waals surface area contributed by atoms with Crippen LogP contribution in [0.5, 0.6) is 0 Å². The number of carboxylic acid groups (broad SMARTS) is 1. The zero-order valence-electron chi connectivity index (χ0n) is 10.0. The summed E-state index contributed by atoms with van der Waals surface area (Å²) in [6.45, 7) is 4.50. The maximum Gasteiger partial charge on any atom is 0.345 e. The molecule has 0 amide bonds. The van der Waals surface area contributed by atoms with Crippen LogP contribution in [0, 0.1) is 18.3 Å². The van der Waals surface area contributed by atoms with Crippen LogP contribution < -0.4 is 0 Å². The van der Waals surface area contributed by atoms with E-state index in [0.717, 1.165) is 17.0 Å². The smallest absolute Gasteiger partial charge is 0.345 e. The van der Waals surface area contributed by atoms with E-state index in [9.17, 15) is 4.79 Å². The van der Waals surface area contributed by atoms with Gasteiger partial charge in [-0.05, 0) is 18.6 Å². The van der Waals surface area contributed by atoms with Crippen molar-refractivity contribution in [1.82, 2.24) is 4.90 Å². The molecule has 2 rings (SSSR count). The molecule has 1 atom stereocenters. The minimum absolute atomic E-state index is 0.368. The molecule has 18 heavy (non-hydrogen) atoms. The number of rotatable bonds is 3. The molecule has 0 aliphatic carbocycles. The fourth-order valence-corrected chi connectivity index (χ4v) is 2.82. The molecule has 0 bridgehead atoms. The van der Waals surface area contributed by atoms with E-state index in [4.69, 9.17) is 15.1 Å². The number of morpholine rings is 1. The Morgan fingerprint density at radius 2 is 2.56 bits per heavy atom. The lowest BCUT2D eigenvalue weighted by atomic mass is 10.2. The number of thiophene rings is 1. The Labute approximate surface area is 109 Å². The van der Waals surface area contributed by atoms with Crippen molar-refractivity contribution in [2.75, 3.05) is 19.7 Å². The van der Waals surface area contributed by atoms with Gasteiger partial charge in [0.2, 0.25) is 0 Å². The van der Waals surface area contributed by atoms with Crippen LogP contribution in [-0.2, 0) is 11.3 Å². The number of aromatic carboxylic acids is 1. The predicted molar refractivity (Wildman–Crippen MR) is 66.6 cm³/mol. The summed E-state index contributed by atoms with van der Waals surface area (Å²) in [6, 6.07) is 3.82. The molecule has 0 saturated carbocycles. The number of hydrogen-bond acceptors (Lipinski definition) is 5. The zero-order valence-corrected chi connectivity index (χ0v) is 10.9. The fraction of sp³-hybridized carbons (Fsp3) is 0.500. The third kappa shape index (κ3) is 2.88. The molecular formula is C12H14N2O3S. The molecule has 6 heteroatoms. The zero-order chi connectivity index (χ0) is 13.1. The van der Waals surface area contributed by atoms with Crippen molar-refractivity contribution in [2.24, 2.45) is 0 Å². The van der Waals surface area contributed by atoms with E-state index in [-0.39, 0.29) is 6.10 Å². The Bertz CT molecular complexity index is 492. The normalized spacial score (nSPS) is 20.6. The van der Waals surface area contributed by atoms with E-state index in [1.54, 1.807) is 6.07 Å². The molecule has 1 aliphatic rings. The van der Waals surface area contributed by atoms with Crippen molar-refractivity contribution in [3.63, 3.8) is 0 Å². The predicted octanol–water partition coefficient (Wildman–Crippen LogP) is 1.48. The molecule has 0 aromatic carbocycles. The summed E-state index contributed by atoms with van der Waals surface area (Å²) in [6.07, 6.45) is -0.378. The molecule has 1 aliphatic heterocycles. The van der Waals surface area contributed by atoms with Crippen LogP contribution in [0.15, 0.2) is 6.07 Å². The molecule has 1 N–H and O–H groups in total. The first-order valence-electron chi connectivity index (χ1n) is 5.66. The van der Waals surface area contributed by atoms with Gasteiger partial charge in [-0.1, -0.05) is 0 Å². The second-order valence-electron chi connectivity index (χ2n) is 4.22. The van der Waals surface area contributed by atoms with Gasteiger partial charge in [-0.15, -0.1) is 11.3 Å². The lowest BCUT2D eigenvalue weighted by Crippen LogP contribution is -2.41. The number of nitrogens with zero attached hydrogens (tertiary/aromatic N) is 2. The van der Waals surface area contributed by atoms with Gasteiger partial charge in [-0.3, -0.25) is 4.90 Å². The van der Waals surface area contributed by atoms with E-state index in [1.807, 2.05) is 6.92 Å². The lowest BCUT2D eigenvalue weighted by molar-refractivity contribution is -0.00271. The molecule has 96 valence electrons. The summed E-state index contributed by atoms with van der Waals surface area (Å²) < 4.78 is 5.27. The Balaban J connectivity index is 2.05. The maximum absolute atomic E-state index is 10.9. The standard InChI is InChI=1S/C12H14N2O3S/c1-8-9(4-11(18-8)12(15)16)6-14-2-3-17-10(5-13)7-14/h4,10H,2-3,6-7H2,1H3,(H,15,16). The van der Waals surface area contributed by atoms with E-state index in [1.165, 1.54) is 11.3 Å². The van der Waals surface area contributed by atoms with Gasteiger partial charge in [0.1, 0.15) is 4.88 Å². The first-order valence-corrected chi connectivity index (χ1v) is 6.48. The highest BCUT2D eigenvalue weighted by Gasteiger charge is 2.21. The molecule has 1 fully saturated rings. The van der Waals surface area contributed by atoms with E-state index < -0.39 is 5.97 Å². The quantitative estimate of drug-likeness (QED) is 0.897. The largest absolute Gasteiger partial charge is 0.477 e. The Hall–Kier alpha value is -1.42. The van der Waals surface area contributed by atoms with Crippen LogP contribution in [0.3, 0.4) is 0 Å². The van der Waals surface area contributed by atoms with E-state index >= 15 is 0 Å². The number of carbonyl (C=O) groups is 1. The highest BCUT2D eigenvalue weighted by atomic mass is 32.1. The van der Waals surface area contributed by atoms with Gasteiger partial charge in [0, 0.05) is 24.5 Å². The highest BCUT2D eigenvalue weighted by molar-refractivity contribution is 7.14. The highest BCUT2D eigenvalue weighted by Crippen LogP contribution is 2.23. The monoisotopic (exact) mass is 266 g/mol. The summed E-state index contributed by atoms with van der Waals surface area (Å²) in [4.78, 5) is 14.4. The third-order valence-corrected chi connectivity index (χ3v) is 4.00. The molecule has 0 spiro atoms. The van der Waals surface area contributed by atoms with Crippen LogP contribution in [-0.4, -0.2) is 41.8 Å². The molecular weight excluding hydrogens is 252 g/mol. The van der Waals surface area contributed by atoms with Gasteiger partial charge < -0.3 is 9.84 Å². The Kier molecular flexibility index (Phi) is 3.97. The topological polar surface area (TPSA) is 73.6 Å². The Morgan fingerprint density at radius 1 is 1.78 bits per heavy atom. The molecule has 0 radical (unpaired) electrons. The first-order chi connectivity index (χ1) is 8.60. The van der Waals surface area contributed by atoms with Crippen molar-refractivity contribution in [3.8, 4) is 6.07 Å². The molecule has 1 aromatic rings. The lowest BCUT2D eigenvalue weighted by Gasteiger charge is -2.29. The molecule has 1 unspecified atom stereocenters. The van der Waals surface area contributed by atoms with Gasteiger partial charge >= 0.3 is 5.97 Å². The third-order valence-electron chi connectivity index (χ3n) is 2.92. The second-order valence-corrected chi connectivity index (χ2v) is 5.48. The van der Waals surface area contributed by atoms with Gasteiger partial charge in [0.25, 0.3) is 0 Å². The number of ether oxygens (including phenoxy) is 1. The maximum atomic E-state index is 10.9. The minimum Gasteiger partial charge on any atom is -0.477 e. The Morgan fingerprint density at radius 3 is 3.17 bits per heavy atom. The van der Waals surface area contributed by atoms with Crippen LogP contribution in [0.4, 0.5) is 0 Å². The summed E-state index contributed by atoms with van der Waals surface area (Å²) in [7, 11) is 0. The number of aryl methyl sites for hydroxylation is 1. The summed E-state index contributed by atoms with van der Waals surface area (Å²) in [5.41, 5.74) is 1.02. The summed E-state index contributed by atoms with van der Waals surface area (Å²) in [5.74, 6) is -0.883. The average molecular weight is 266 g/mol.